The van der Waals surface area contributed by atoms with Crippen LogP contribution in [0.1, 0.15) is 32.4 Å². The SMILES string of the molecule is CC1=C(C(=O)OCC(C)C)[C@H](c2ccc3ccccc3c2)NC(=S)N1. The molecule has 2 N–H and O–H groups in total. The second-order valence-corrected chi connectivity index (χ2v) is 7.08. The van der Waals surface area contributed by atoms with Crippen molar-refractivity contribution in [1.82, 2.24) is 10.6 Å². The molecule has 3 rings (SSSR count). The molecular weight excluding hydrogens is 332 g/mol. The van der Waals surface area contributed by atoms with Gasteiger partial charge < -0.3 is 15.4 Å². The molecule has 0 saturated carbocycles. The van der Waals surface area contributed by atoms with Gasteiger partial charge in [-0.2, -0.15) is 0 Å². The van der Waals surface area contributed by atoms with Gasteiger partial charge in [0.1, 0.15) is 0 Å². The number of hydrogen-bond acceptors (Lipinski definition) is 3. The highest BCUT2D eigenvalue weighted by molar-refractivity contribution is 7.80. The summed E-state index contributed by atoms with van der Waals surface area (Å²) >= 11 is 5.29. The van der Waals surface area contributed by atoms with Crippen molar-refractivity contribution in [3.05, 3.63) is 59.3 Å². The first-order valence-corrected chi connectivity index (χ1v) is 8.80. The van der Waals surface area contributed by atoms with Crippen LogP contribution < -0.4 is 10.6 Å². The summed E-state index contributed by atoms with van der Waals surface area (Å²) in [6, 6.07) is 14.0. The van der Waals surface area contributed by atoms with Crippen molar-refractivity contribution in [3.8, 4) is 0 Å². The van der Waals surface area contributed by atoms with Crippen LogP contribution in [0, 0.1) is 5.92 Å². The first kappa shape index (κ1) is 17.4. The smallest absolute Gasteiger partial charge is 0.338 e. The lowest BCUT2D eigenvalue weighted by Gasteiger charge is -2.30. The van der Waals surface area contributed by atoms with E-state index in [4.69, 9.17) is 17.0 Å². The van der Waals surface area contributed by atoms with Gasteiger partial charge in [0.25, 0.3) is 0 Å². The van der Waals surface area contributed by atoms with Gasteiger partial charge in [0.2, 0.25) is 0 Å². The maximum Gasteiger partial charge on any atom is 0.338 e. The van der Waals surface area contributed by atoms with Crippen molar-refractivity contribution < 1.29 is 9.53 Å². The largest absolute Gasteiger partial charge is 0.462 e. The Bertz CT molecular complexity index is 858. The van der Waals surface area contributed by atoms with Gasteiger partial charge in [-0.05, 0) is 47.5 Å². The maximum absolute atomic E-state index is 12.7. The average molecular weight is 354 g/mol. The molecule has 1 atom stereocenters. The van der Waals surface area contributed by atoms with E-state index in [1.807, 2.05) is 39.0 Å². The van der Waals surface area contributed by atoms with Gasteiger partial charge in [-0.15, -0.1) is 0 Å². The molecule has 1 heterocycles. The van der Waals surface area contributed by atoms with E-state index in [2.05, 4.69) is 34.9 Å². The van der Waals surface area contributed by atoms with Crippen LogP contribution in [0.2, 0.25) is 0 Å². The molecule has 0 radical (unpaired) electrons. The Balaban J connectivity index is 1.99. The van der Waals surface area contributed by atoms with Gasteiger partial charge >= 0.3 is 5.97 Å². The van der Waals surface area contributed by atoms with Crippen molar-refractivity contribution >= 4 is 34.1 Å². The molecule has 0 bridgehead atoms. The van der Waals surface area contributed by atoms with Gasteiger partial charge in [0.05, 0.1) is 18.2 Å². The van der Waals surface area contributed by atoms with E-state index in [0.29, 0.717) is 17.3 Å². The van der Waals surface area contributed by atoms with E-state index < -0.39 is 0 Å². The summed E-state index contributed by atoms with van der Waals surface area (Å²) in [6.07, 6.45) is 0. The molecule has 130 valence electrons. The number of nitrogens with one attached hydrogen (secondary N) is 2. The molecule has 1 aliphatic heterocycles. The number of esters is 1. The Kier molecular flexibility index (Phi) is 5.04. The molecule has 0 spiro atoms. The number of thiocarbonyl (C=S) groups is 1. The highest BCUT2D eigenvalue weighted by atomic mass is 32.1. The Morgan fingerprint density at radius 3 is 2.64 bits per heavy atom. The van der Waals surface area contributed by atoms with Gasteiger partial charge in [-0.25, -0.2) is 4.79 Å². The summed E-state index contributed by atoms with van der Waals surface area (Å²) in [4.78, 5) is 12.7. The van der Waals surface area contributed by atoms with Crippen molar-refractivity contribution in [1.29, 1.82) is 0 Å². The lowest BCUT2D eigenvalue weighted by molar-refractivity contribution is -0.140. The zero-order chi connectivity index (χ0) is 18.0. The third kappa shape index (κ3) is 3.82. The third-order valence-corrected chi connectivity index (χ3v) is 4.36. The minimum atomic E-state index is -0.321. The molecule has 1 aliphatic rings. The molecule has 4 nitrogen and oxygen atoms in total. The summed E-state index contributed by atoms with van der Waals surface area (Å²) in [5.41, 5.74) is 2.29. The number of carbonyl (C=O) groups is 1. The molecule has 0 aliphatic carbocycles. The van der Waals surface area contributed by atoms with E-state index in [-0.39, 0.29) is 17.9 Å². The van der Waals surface area contributed by atoms with E-state index in [0.717, 1.165) is 22.0 Å². The third-order valence-electron chi connectivity index (χ3n) is 4.14. The van der Waals surface area contributed by atoms with Crippen molar-refractivity contribution in [2.45, 2.75) is 26.8 Å². The zero-order valence-electron chi connectivity index (χ0n) is 14.6. The zero-order valence-corrected chi connectivity index (χ0v) is 15.4. The number of rotatable bonds is 4. The molecular formula is C20H22N2O2S. The van der Waals surface area contributed by atoms with Crippen LogP contribution in [-0.4, -0.2) is 17.7 Å². The topological polar surface area (TPSA) is 50.4 Å². The van der Waals surface area contributed by atoms with Crippen LogP contribution in [0.25, 0.3) is 10.8 Å². The van der Waals surface area contributed by atoms with Gasteiger partial charge in [-0.3, -0.25) is 0 Å². The molecule has 0 aromatic heterocycles. The summed E-state index contributed by atoms with van der Waals surface area (Å²) in [6.45, 7) is 6.28. The fraction of sp³-hybridized carbons (Fsp3) is 0.300. The second kappa shape index (κ2) is 7.23. The fourth-order valence-corrected chi connectivity index (χ4v) is 3.19. The Morgan fingerprint density at radius 2 is 1.92 bits per heavy atom. The normalized spacial score (nSPS) is 17.4. The summed E-state index contributed by atoms with van der Waals surface area (Å²) in [7, 11) is 0. The van der Waals surface area contributed by atoms with Crippen LogP contribution in [0.5, 0.6) is 0 Å². The summed E-state index contributed by atoms with van der Waals surface area (Å²) < 4.78 is 5.47. The molecule has 2 aromatic carbocycles. The fourth-order valence-electron chi connectivity index (χ4n) is 2.92. The Morgan fingerprint density at radius 1 is 1.20 bits per heavy atom. The van der Waals surface area contributed by atoms with Crippen LogP contribution in [-0.2, 0) is 9.53 Å². The standard InChI is InChI=1S/C20H22N2O2S/c1-12(2)11-24-19(23)17-13(3)21-20(25)22-18(17)16-9-8-14-6-4-5-7-15(14)10-16/h4-10,12,18H,11H2,1-3H3,(H2,21,22,25)/t18-/m0/s1. The average Bonchev–Trinajstić information content (AvgIpc) is 2.58. The Labute approximate surface area is 153 Å². The minimum absolute atomic E-state index is 0.287. The number of fused-ring (bicyclic) bond motifs is 1. The number of ether oxygens (including phenoxy) is 1. The quantitative estimate of drug-likeness (QED) is 0.645. The highest BCUT2D eigenvalue weighted by Crippen LogP contribution is 2.29. The number of hydrogen-bond donors (Lipinski definition) is 2. The van der Waals surface area contributed by atoms with Gasteiger partial charge in [0.15, 0.2) is 5.11 Å². The van der Waals surface area contributed by atoms with Crippen LogP contribution in [0.3, 0.4) is 0 Å². The lowest BCUT2D eigenvalue weighted by atomic mass is 9.94. The van der Waals surface area contributed by atoms with Crippen molar-refractivity contribution in [2.24, 2.45) is 5.92 Å². The predicted octanol–water partition coefficient (Wildman–Crippen LogP) is 3.83. The number of carbonyl (C=O) groups excluding carboxylic acids is 1. The molecule has 0 saturated heterocycles. The molecule has 0 fully saturated rings. The van der Waals surface area contributed by atoms with Crippen LogP contribution >= 0.6 is 12.2 Å². The minimum Gasteiger partial charge on any atom is -0.462 e. The number of benzene rings is 2. The van der Waals surface area contributed by atoms with Gasteiger partial charge in [0, 0.05) is 5.70 Å². The monoisotopic (exact) mass is 354 g/mol. The van der Waals surface area contributed by atoms with E-state index >= 15 is 0 Å². The molecule has 0 unspecified atom stereocenters. The first-order valence-electron chi connectivity index (χ1n) is 8.40. The number of allylic oxidation sites excluding steroid dienone is 1. The van der Waals surface area contributed by atoms with E-state index in [9.17, 15) is 4.79 Å². The lowest BCUT2D eigenvalue weighted by Crippen LogP contribution is -2.45. The van der Waals surface area contributed by atoms with E-state index in [1.54, 1.807) is 0 Å². The highest BCUT2D eigenvalue weighted by Gasteiger charge is 2.31. The van der Waals surface area contributed by atoms with Gasteiger partial charge in [-0.1, -0.05) is 50.2 Å². The maximum atomic E-state index is 12.7. The van der Waals surface area contributed by atoms with Crippen LogP contribution in [0.4, 0.5) is 0 Å². The van der Waals surface area contributed by atoms with Crippen molar-refractivity contribution in [2.75, 3.05) is 6.61 Å². The molecule has 0 amide bonds. The molecule has 25 heavy (non-hydrogen) atoms. The molecule has 2 aromatic rings. The molecule has 5 heteroatoms. The summed E-state index contributed by atoms with van der Waals surface area (Å²) in [5.74, 6) is -0.0265. The van der Waals surface area contributed by atoms with E-state index in [1.165, 1.54) is 0 Å². The van der Waals surface area contributed by atoms with Crippen LogP contribution in [0.15, 0.2) is 53.7 Å². The van der Waals surface area contributed by atoms with Crippen molar-refractivity contribution in [3.63, 3.8) is 0 Å². The Hall–Kier alpha value is -2.40. The second-order valence-electron chi connectivity index (χ2n) is 6.67. The predicted molar refractivity (Wildman–Crippen MR) is 104 cm³/mol. The first-order chi connectivity index (χ1) is 12.0. The summed E-state index contributed by atoms with van der Waals surface area (Å²) in [5, 5.41) is 9.04.